The maximum atomic E-state index is 11.8. The Kier molecular flexibility index (Phi) is 3.45. The third kappa shape index (κ3) is 3.11. The van der Waals surface area contributed by atoms with Crippen LogP contribution in [0.3, 0.4) is 0 Å². The Morgan fingerprint density at radius 3 is 2.65 bits per heavy atom. The van der Waals surface area contributed by atoms with Crippen LogP contribution in [-0.4, -0.2) is 15.9 Å². The summed E-state index contributed by atoms with van der Waals surface area (Å²) in [6.45, 7) is 2.38. The Morgan fingerprint density at radius 2 is 2.00 bits per heavy atom. The van der Waals surface area contributed by atoms with Crippen LogP contribution in [0.4, 0.5) is 0 Å². The van der Waals surface area contributed by atoms with Crippen molar-refractivity contribution in [3.63, 3.8) is 0 Å². The normalized spacial score (nSPS) is 9.94. The summed E-state index contributed by atoms with van der Waals surface area (Å²) >= 11 is 0. The number of carbonyl (C=O) groups is 1. The monoisotopic (exact) mass is 227 g/mol. The van der Waals surface area contributed by atoms with E-state index >= 15 is 0 Å². The molecule has 0 aliphatic heterocycles. The van der Waals surface area contributed by atoms with Crippen molar-refractivity contribution in [3.05, 3.63) is 59.7 Å². The van der Waals surface area contributed by atoms with Crippen molar-refractivity contribution in [1.82, 2.24) is 15.3 Å². The van der Waals surface area contributed by atoms with Crippen LogP contribution in [0.2, 0.25) is 0 Å². The highest BCUT2D eigenvalue weighted by molar-refractivity contribution is 5.93. The third-order valence-electron chi connectivity index (χ3n) is 2.38. The zero-order valence-electron chi connectivity index (χ0n) is 9.55. The van der Waals surface area contributed by atoms with Crippen LogP contribution in [0.15, 0.2) is 42.9 Å². The van der Waals surface area contributed by atoms with E-state index in [1.807, 2.05) is 25.1 Å². The van der Waals surface area contributed by atoms with Gasteiger partial charge in [-0.15, -0.1) is 0 Å². The van der Waals surface area contributed by atoms with E-state index in [-0.39, 0.29) is 5.91 Å². The Bertz CT molecular complexity index is 494. The molecule has 0 aliphatic rings. The van der Waals surface area contributed by atoms with Crippen LogP contribution in [-0.2, 0) is 6.54 Å². The number of hydrogen-bond acceptors (Lipinski definition) is 3. The maximum absolute atomic E-state index is 11.8. The van der Waals surface area contributed by atoms with Crippen molar-refractivity contribution < 1.29 is 4.79 Å². The number of rotatable bonds is 3. The Labute approximate surface area is 99.7 Å². The van der Waals surface area contributed by atoms with Crippen LogP contribution in [0, 0.1) is 6.92 Å². The highest BCUT2D eigenvalue weighted by Crippen LogP contribution is 2.00. The van der Waals surface area contributed by atoms with Crippen molar-refractivity contribution in [2.75, 3.05) is 0 Å². The van der Waals surface area contributed by atoms with Crippen LogP contribution in [0.25, 0.3) is 0 Å². The summed E-state index contributed by atoms with van der Waals surface area (Å²) in [5, 5.41) is 2.83. The molecule has 2 aromatic heterocycles. The summed E-state index contributed by atoms with van der Waals surface area (Å²) in [5.41, 5.74) is 2.49. The van der Waals surface area contributed by atoms with Crippen molar-refractivity contribution in [1.29, 1.82) is 0 Å². The third-order valence-corrected chi connectivity index (χ3v) is 2.38. The number of pyridine rings is 2. The first-order valence-electron chi connectivity index (χ1n) is 5.35. The van der Waals surface area contributed by atoms with Gasteiger partial charge in [0.25, 0.3) is 5.91 Å². The van der Waals surface area contributed by atoms with Gasteiger partial charge >= 0.3 is 0 Å². The maximum Gasteiger partial charge on any atom is 0.253 e. The van der Waals surface area contributed by atoms with Crippen LogP contribution in [0.5, 0.6) is 0 Å². The average Bonchev–Trinajstić information content (AvgIpc) is 2.38. The molecule has 0 atom stereocenters. The minimum atomic E-state index is -0.116. The fourth-order valence-corrected chi connectivity index (χ4v) is 1.39. The molecule has 2 rings (SSSR count). The summed E-state index contributed by atoms with van der Waals surface area (Å²) < 4.78 is 0. The van der Waals surface area contributed by atoms with E-state index < -0.39 is 0 Å². The average molecular weight is 227 g/mol. The molecule has 4 heteroatoms. The van der Waals surface area contributed by atoms with Gasteiger partial charge in [0.05, 0.1) is 5.56 Å². The first-order chi connectivity index (χ1) is 8.25. The van der Waals surface area contributed by atoms with E-state index in [0.717, 1.165) is 11.3 Å². The summed E-state index contributed by atoms with van der Waals surface area (Å²) in [7, 11) is 0. The predicted molar refractivity (Wildman–Crippen MR) is 64.4 cm³/mol. The Balaban J connectivity index is 1.96. The number of nitrogens with one attached hydrogen (secondary N) is 1. The van der Waals surface area contributed by atoms with Crippen LogP contribution >= 0.6 is 0 Å². The SMILES string of the molecule is Cc1ccc(C(=O)NCc2ccncc2)cn1. The first kappa shape index (κ1) is 11.3. The summed E-state index contributed by atoms with van der Waals surface area (Å²) in [4.78, 5) is 19.8. The summed E-state index contributed by atoms with van der Waals surface area (Å²) in [6, 6.07) is 7.33. The molecular weight excluding hydrogens is 214 g/mol. The number of aromatic nitrogens is 2. The fourth-order valence-electron chi connectivity index (χ4n) is 1.39. The van der Waals surface area contributed by atoms with Crippen molar-refractivity contribution in [2.45, 2.75) is 13.5 Å². The molecule has 1 amide bonds. The zero-order chi connectivity index (χ0) is 12.1. The van der Waals surface area contributed by atoms with Crippen molar-refractivity contribution in [2.24, 2.45) is 0 Å². The molecule has 0 bridgehead atoms. The molecule has 0 radical (unpaired) electrons. The molecule has 86 valence electrons. The highest BCUT2D eigenvalue weighted by atomic mass is 16.1. The lowest BCUT2D eigenvalue weighted by molar-refractivity contribution is 0.0950. The molecule has 2 heterocycles. The van der Waals surface area contributed by atoms with Gasteiger partial charge in [0.15, 0.2) is 0 Å². The van der Waals surface area contributed by atoms with Gasteiger partial charge in [0.1, 0.15) is 0 Å². The molecule has 0 spiro atoms. The smallest absolute Gasteiger partial charge is 0.253 e. The highest BCUT2D eigenvalue weighted by Gasteiger charge is 2.04. The molecule has 17 heavy (non-hydrogen) atoms. The second-order valence-electron chi connectivity index (χ2n) is 3.73. The van der Waals surface area contributed by atoms with Gasteiger partial charge in [-0.25, -0.2) is 0 Å². The van der Waals surface area contributed by atoms with Gasteiger partial charge in [-0.2, -0.15) is 0 Å². The molecule has 0 saturated carbocycles. The second kappa shape index (κ2) is 5.21. The van der Waals surface area contributed by atoms with E-state index in [1.165, 1.54) is 0 Å². The molecule has 2 aromatic rings. The van der Waals surface area contributed by atoms with Gasteiger partial charge in [-0.1, -0.05) is 0 Å². The number of hydrogen-bond donors (Lipinski definition) is 1. The minimum absolute atomic E-state index is 0.116. The van der Waals surface area contributed by atoms with Gasteiger partial charge in [-0.05, 0) is 36.8 Å². The van der Waals surface area contributed by atoms with E-state index in [9.17, 15) is 4.79 Å². The standard InChI is InChI=1S/C13H13N3O/c1-10-2-3-12(9-15-10)13(17)16-8-11-4-6-14-7-5-11/h2-7,9H,8H2,1H3,(H,16,17). The minimum Gasteiger partial charge on any atom is -0.348 e. The predicted octanol–water partition coefficient (Wildman–Crippen LogP) is 1.72. The molecule has 0 unspecified atom stereocenters. The van der Waals surface area contributed by atoms with Crippen molar-refractivity contribution in [3.8, 4) is 0 Å². The molecular formula is C13H13N3O. The summed E-state index contributed by atoms with van der Waals surface area (Å²) in [6.07, 6.45) is 4.99. The first-order valence-corrected chi connectivity index (χ1v) is 5.35. The largest absolute Gasteiger partial charge is 0.348 e. The lowest BCUT2D eigenvalue weighted by Gasteiger charge is -2.04. The topological polar surface area (TPSA) is 54.9 Å². The molecule has 0 fully saturated rings. The number of amides is 1. The molecule has 4 nitrogen and oxygen atoms in total. The van der Waals surface area contributed by atoms with Crippen molar-refractivity contribution >= 4 is 5.91 Å². The molecule has 1 N–H and O–H groups in total. The van der Waals surface area contributed by atoms with E-state index in [2.05, 4.69) is 15.3 Å². The Hall–Kier alpha value is -2.23. The summed E-state index contributed by atoms with van der Waals surface area (Å²) in [5.74, 6) is -0.116. The Morgan fingerprint density at radius 1 is 1.24 bits per heavy atom. The number of aryl methyl sites for hydroxylation is 1. The quantitative estimate of drug-likeness (QED) is 0.868. The van der Waals surface area contributed by atoms with Gasteiger partial charge in [-0.3, -0.25) is 14.8 Å². The van der Waals surface area contributed by atoms with E-state index in [4.69, 9.17) is 0 Å². The van der Waals surface area contributed by atoms with Gasteiger partial charge in [0, 0.05) is 30.8 Å². The molecule has 0 aromatic carbocycles. The van der Waals surface area contributed by atoms with Gasteiger partial charge in [0.2, 0.25) is 0 Å². The molecule has 0 saturated heterocycles. The second-order valence-corrected chi connectivity index (χ2v) is 3.73. The van der Waals surface area contributed by atoms with E-state index in [0.29, 0.717) is 12.1 Å². The van der Waals surface area contributed by atoms with E-state index in [1.54, 1.807) is 24.7 Å². The lowest BCUT2D eigenvalue weighted by Crippen LogP contribution is -2.22. The van der Waals surface area contributed by atoms with Gasteiger partial charge < -0.3 is 5.32 Å². The van der Waals surface area contributed by atoms with Crippen LogP contribution < -0.4 is 5.32 Å². The lowest BCUT2D eigenvalue weighted by atomic mass is 10.2. The number of nitrogens with zero attached hydrogens (tertiary/aromatic N) is 2. The fraction of sp³-hybridized carbons (Fsp3) is 0.154. The van der Waals surface area contributed by atoms with Crippen LogP contribution in [0.1, 0.15) is 21.6 Å². The zero-order valence-corrected chi connectivity index (χ0v) is 9.55. The molecule has 0 aliphatic carbocycles. The number of carbonyl (C=O) groups excluding carboxylic acids is 1.